The number of rotatable bonds is 3. The van der Waals surface area contributed by atoms with Crippen molar-refractivity contribution in [2.24, 2.45) is 0 Å². The topological polar surface area (TPSA) is 75.6 Å². The Morgan fingerprint density at radius 2 is 1.94 bits per heavy atom. The number of hydrogen-bond donors (Lipinski definition) is 2. The normalized spacial score (nSPS) is 22.7. The van der Waals surface area contributed by atoms with E-state index in [1.165, 1.54) is 0 Å². The van der Waals surface area contributed by atoms with Gasteiger partial charge in [0.25, 0.3) is 5.91 Å². The van der Waals surface area contributed by atoms with Gasteiger partial charge in [-0.25, -0.2) is 4.79 Å². The van der Waals surface area contributed by atoms with Gasteiger partial charge in [0, 0.05) is 0 Å². The van der Waals surface area contributed by atoms with Crippen molar-refractivity contribution in [2.45, 2.75) is 25.0 Å². The highest BCUT2D eigenvalue weighted by Gasteiger charge is 2.34. The molecule has 1 aliphatic heterocycles. The van der Waals surface area contributed by atoms with E-state index in [2.05, 4.69) is 5.32 Å². The Kier molecular flexibility index (Phi) is 3.84. The van der Waals surface area contributed by atoms with Crippen LogP contribution >= 0.6 is 11.6 Å². The molecule has 0 bridgehead atoms. The standard InChI is InChI=1S/C12H12ClNO4/c13-7-3-1-2-4-8(7)14-11(15)9-5-6-10(18-9)12(16)17/h1-4,9-10H,5-6H2,(H,14,15)(H,16,17). The van der Waals surface area contributed by atoms with E-state index in [1.54, 1.807) is 24.3 Å². The average molecular weight is 270 g/mol. The number of amides is 1. The Morgan fingerprint density at radius 1 is 1.28 bits per heavy atom. The molecule has 96 valence electrons. The molecule has 1 heterocycles. The molecule has 1 aromatic carbocycles. The number of para-hydroxylation sites is 1. The average Bonchev–Trinajstić information content (AvgIpc) is 2.81. The molecule has 2 rings (SSSR count). The zero-order valence-electron chi connectivity index (χ0n) is 9.43. The fourth-order valence-corrected chi connectivity index (χ4v) is 1.97. The zero-order valence-corrected chi connectivity index (χ0v) is 10.2. The Bertz CT molecular complexity index is 477. The van der Waals surface area contributed by atoms with E-state index in [1.807, 2.05) is 0 Å². The van der Waals surface area contributed by atoms with Gasteiger partial charge in [-0.3, -0.25) is 4.79 Å². The van der Waals surface area contributed by atoms with Crippen LogP contribution in [-0.2, 0) is 14.3 Å². The predicted molar refractivity (Wildman–Crippen MR) is 65.6 cm³/mol. The van der Waals surface area contributed by atoms with Crippen molar-refractivity contribution in [3.8, 4) is 0 Å². The number of hydrogen-bond acceptors (Lipinski definition) is 3. The van der Waals surface area contributed by atoms with Crippen LogP contribution in [0.3, 0.4) is 0 Å². The van der Waals surface area contributed by atoms with Gasteiger partial charge >= 0.3 is 5.97 Å². The first-order chi connectivity index (χ1) is 8.58. The first-order valence-electron chi connectivity index (χ1n) is 5.51. The maximum atomic E-state index is 11.8. The van der Waals surface area contributed by atoms with Gasteiger partial charge in [0.2, 0.25) is 0 Å². The van der Waals surface area contributed by atoms with E-state index in [-0.39, 0.29) is 5.91 Å². The first-order valence-corrected chi connectivity index (χ1v) is 5.89. The van der Waals surface area contributed by atoms with Crippen LogP contribution in [-0.4, -0.2) is 29.2 Å². The number of carboxylic acid groups (broad SMARTS) is 1. The lowest BCUT2D eigenvalue weighted by Crippen LogP contribution is -2.30. The number of carboxylic acids is 1. The summed E-state index contributed by atoms with van der Waals surface area (Å²) >= 11 is 5.90. The second-order valence-corrected chi connectivity index (χ2v) is 4.41. The van der Waals surface area contributed by atoms with Gasteiger partial charge in [-0.15, -0.1) is 0 Å². The largest absolute Gasteiger partial charge is 0.479 e. The molecule has 1 saturated heterocycles. The number of carbonyl (C=O) groups excluding carboxylic acids is 1. The minimum absolute atomic E-state index is 0.343. The van der Waals surface area contributed by atoms with Crippen molar-refractivity contribution >= 4 is 29.2 Å². The van der Waals surface area contributed by atoms with E-state index < -0.39 is 18.2 Å². The van der Waals surface area contributed by atoms with Crippen molar-refractivity contribution in [1.82, 2.24) is 0 Å². The van der Waals surface area contributed by atoms with E-state index in [0.717, 1.165) is 0 Å². The molecular weight excluding hydrogens is 258 g/mol. The molecule has 1 amide bonds. The third-order valence-electron chi connectivity index (χ3n) is 2.72. The summed E-state index contributed by atoms with van der Waals surface area (Å²) in [5.41, 5.74) is 0.492. The van der Waals surface area contributed by atoms with Gasteiger partial charge in [0.15, 0.2) is 6.10 Å². The van der Waals surface area contributed by atoms with Crippen LogP contribution in [0.1, 0.15) is 12.8 Å². The molecule has 5 nitrogen and oxygen atoms in total. The van der Waals surface area contributed by atoms with Gasteiger partial charge in [-0.05, 0) is 25.0 Å². The SMILES string of the molecule is O=C(O)C1CCC(C(=O)Nc2ccccc2Cl)O1. The maximum Gasteiger partial charge on any atom is 0.332 e. The van der Waals surface area contributed by atoms with Gasteiger partial charge in [-0.2, -0.15) is 0 Å². The summed E-state index contributed by atoms with van der Waals surface area (Å²) in [5.74, 6) is -1.41. The molecule has 1 aromatic rings. The fourth-order valence-electron chi connectivity index (χ4n) is 1.79. The second-order valence-electron chi connectivity index (χ2n) is 4.00. The molecule has 0 aromatic heterocycles. The van der Waals surface area contributed by atoms with Crippen molar-refractivity contribution in [3.05, 3.63) is 29.3 Å². The predicted octanol–water partition coefficient (Wildman–Crippen LogP) is 1.91. The minimum atomic E-state index is -1.04. The lowest BCUT2D eigenvalue weighted by molar-refractivity contribution is -0.150. The molecule has 2 N–H and O–H groups in total. The molecular formula is C12H12ClNO4. The van der Waals surface area contributed by atoms with Crippen LogP contribution in [0.15, 0.2) is 24.3 Å². The molecule has 1 aliphatic rings. The van der Waals surface area contributed by atoms with Crippen LogP contribution in [0, 0.1) is 0 Å². The number of ether oxygens (including phenoxy) is 1. The monoisotopic (exact) mass is 269 g/mol. The van der Waals surface area contributed by atoms with Gasteiger partial charge in [0.05, 0.1) is 10.7 Å². The third-order valence-corrected chi connectivity index (χ3v) is 3.05. The highest BCUT2D eigenvalue weighted by Crippen LogP contribution is 2.24. The summed E-state index contributed by atoms with van der Waals surface area (Å²) in [6.45, 7) is 0. The molecule has 6 heteroatoms. The number of anilines is 1. The van der Waals surface area contributed by atoms with Crippen LogP contribution < -0.4 is 5.32 Å². The lowest BCUT2D eigenvalue weighted by Gasteiger charge is -2.12. The molecule has 1 fully saturated rings. The van der Waals surface area contributed by atoms with Gasteiger partial charge in [-0.1, -0.05) is 23.7 Å². The molecule has 18 heavy (non-hydrogen) atoms. The summed E-state index contributed by atoms with van der Waals surface area (Å²) in [7, 11) is 0. The van der Waals surface area contributed by atoms with Crippen LogP contribution in [0.4, 0.5) is 5.69 Å². The smallest absolute Gasteiger partial charge is 0.332 e. The molecule has 0 radical (unpaired) electrons. The summed E-state index contributed by atoms with van der Waals surface area (Å²) in [6.07, 6.45) is -0.891. The second kappa shape index (κ2) is 5.37. The van der Waals surface area contributed by atoms with E-state index >= 15 is 0 Å². The van der Waals surface area contributed by atoms with E-state index in [0.29, 0.717) is 23.6 Å². The Labute approximate surface area is 109 Å². The molecule has 2 atom stereocenters. The number of aliphatic carboxylic acids is 1. The van der Waals surface area contributed by atoms with Crippen LogP contribution in [0.25, 0.3) is 0 Å². The highest BCUT2D eigenvalue weighted by molar-refractivity contribution is 6.33. The van der Waals surface area contributed by atoms with Gasteiger partial charge < -0.3 is 15.2 Å². The third kappa shape index (κ3) is 2.80. The maximum absolute atomic E-state index is 11.8. The van der Waals surface area contributed by atoms with Gasteiger partial charge in [0.1, 0.15) is 6.10 Å². The molecule has 2 unspecified atom stereocenters. The number of nitrogens with one attached hydrogen (secondary N) is 1. The summed E-state index contributed by atoms with van der Waals surface area (Å²) in [5, 5.41) is 11.8. The summed E-state index contributed by atoms with van der Waals surface area (Å²) in [4.78, 5) is 22.6. The van der Waals surface area contributed by atoms with Crippen molar-refractivity contribution in [2.75, 3.05) is 5.32 Å². The Balaban J connectivity index is 1.98. The molecule has 0 saturated carbocycles. The van der Waals surface area contributed by atoms with Crippen LogP contribution in [0.5, 0.6) is 0 Å². The van der Waals surface area contributed by atoms with Crippen molar-refractivity contribution < 1.29 is 19.4 Å². The van der Waals surface area contributed by atoms with Crippen molar-refractivity contribution in [3.63, 3.8) is 0 Å². The summed E-state index contributed by atoms with van der Waals surface area (Å²) < 4.78 is 5.14. The van der Waals surface area contributed by atoms with E-state index in [9.17, 15) is 9.59 Å². The quantitative estimate of drug-likeness (QED) is 0.879. The molecule has 0 aliphatic carbocycles. The lowest BCUT2D eigenvalue weighted by atomic mass is 10.2. The number of halogens is 1. The number of benzene rings is 1. The Morgan fingerprint density at radius 3 is 2.56 bits per heavy atom. The summed E-state index contributed by atoms with van der Waals surface area (Å²) in [6, 6.07) is 6.83. The fraction of sp³-hybridized carbons (Fsp3) is 0.333. The Hall–Kier alpha value is -1.59. The minimum Gasteiger partial charge on any atom is -0.479 e. The van der Waals surface area contributed by atoms with E-state index in [4.69, 9.17) is 21.4 Å². The number of carbonyl (C=O) groups is 2. The van der Waals surface area contributed by atoms with Crippen molar-refractivity contribution in [1.29, 1.82) is 0 Å². The zero-order chi connectivity index (χ0) is 13.1. The molecule has 0 spiro atoms. The van der Waals surface area contributed by atoms with Crippen LogP contribution in [0.2, 0.25) is 5.02 Å². The highest BCUT2D eigenvalue weighted by atomic mass is 35.5. The first kappa shape index (κ1) is 12.9.